The van der Waals surface area contributed by atoms with E-state index >= 15 is 0 Å². The van der Waals surface area contributed by atoms with E-state index in [-0.39, 0.29) is 18.1 Å². The number of hydrogen-bond acceptors (Lipinski definition) is 4. The molecule has 3 atom stereocenters. The third kappa shape index (κ3) is 2.96. The highest BCUT2D eigenvalue weighted by molar-refractivity contribution is 5.76. The Balaban J connectivity index is 2.35. The van der Waals surface area contributed by atoms with Crippen LogP contribution < -0.4 is 5.32 Å². The average molecular weight is 201 g/mol. The SMILES string of the molecule is CC(C)C(C)OC(=O)[C@@H]1C[C@@H](O)CN1. The summed E-state index contributed by atoms with van der Waals surface area (Å²) in [5.74, 6) is 0.0769. The van der Waals surface area contributed by atoms with Crippen molar-refractivity contribution in [1.29, 1.82) is 0 Å². The lowest BCUT2D eigenvalue weighted by Gasteiger charge is -2.19. The van der Waals surface area contributed by atoms with Crippen LogP contribution in [0.3, 0.4) is 0 Å². The zero-order chi connectivity index (χ0) is 10.7. The Morgan fingerprint density at radius 2 is 2.14 bits per heavy atom. The molecular formula is C10H19NO3. The third-order valence-corrected chi connectivity index (χ3v) is 2.63. The molecule has 0 aliphatic carbocycles. The van der Waals surface area contributed by atoms with E-state index in [1.165, 1.54) is 0 Å². The molecule has 14 heavy (non-hydrogen) atoms. The Morgan fingerprint density at radius 1 is 1.50 bits per heavy atom. The van der Waals surface area contributed by atoms with E-state index in [1.807, 2.05) is 20.8 Å². The number of nitrogens with one attached hydrogen (secondary N) is 1. The molecule has 1 heterocycles. The van der Waals surface area contributed by atoms with Crippen molar-refractivity contribution >= 4 is 5.97 Å². The molecular weight excluding hydrogens is 182 g/mol. The van der Waals surface area contributed by atoms with E-state index in [2.05, 4.69) is 5.32 Å². The van der Waals surface area contributed by atoms with Crippen molar-refractivity contribution < 1.29 is 14.6 Å². The molecule has 0 spiro atoms. The summed E-state index contributed by atoms with van der Waals surface area (Å²) in [7, 11) is 0. The maximum Gasteiger partial charge on any atom is 0.323 e. The zero-order valence-electron chi connectivity index (χ0n) is 8.99. The van der Waals surface area contributed by atoms with Gasteiger partial charge in [0.2, 0.25) is 0 Å². The van der Waals surface area contributed by atoms with E-state index in [4.69, 9.17) is 4.74 Å². The molecule has 4 nitrogen and oxygen atoms in total. The van der Waals surface area contributed by atoms with Crippen LogP contribution in [0.15, 0.2) is 0 Å². The van der Waals surface area contributed by atoms with E-state index in [9.17, 15) is 9.90 Å². The van der Waals surface area contributed by atoms with Crippen LogP contribution in [0.5, 0.6) is 0 Å². The van der Waals surface area contributed by atoms with Gasteiger partial charge in [-0.2, -0.15) is 0 Å². The van der Waals surface area contributed by atoms with Crippen molar-refractivity contribution in [2.75, 3.05) is 6.54 Å². The van der Waals surface area contributed by atoms with Crippen molar-refractivity contribution in [2.45, 2.75) is 45.4 Å². The van der Waals surface area contributed by atoms with Gasteiger partial charge in [-0.05, 0) is 12.8 Å². The molecule has 1 aliphatic heterocycles. The molecule has 82 valence electrons. The first-order valence-electron chi connectivity index (χ1n) is 5.12. The monoisotopic (exact) mass is 201 g/mol. The molecule has 0 saturated carbocycles. The highest BCUT2D eigenvalue weighted by Gasteiger charge is 2.30. The molecule has 4 heteroatoms. The fourth-order valence-electron chi connectivity index (χ4n) is 1.30. The Hall–Kier alpha value is -0.610. The summed E-state index contributed by atoms with van der Waals surface area (Å²) < 4.78 is 5.23. The molecule has 1 rings (SSSR count). The maximum atomic E-state index is 11.5. The summed E-state index contributed by atoms with van der Waals surface area (Å²) in [6.45, 7) is 6.38. The molecule has 0 aromatic carbocycles. The van der Waals surface area contributed by atoms with Gasteiger partial charge >= 0.3 is 5.97 Å². The van der Waals surface area contributed by atoms with E-state index in [0.29, 0.717) is 18.9 Å². The largest absolute Gasteiger partial charge is 0.461 e. The van der Waals surface area contributed by atoms with Gasteiger partial charge in [0, 0.05) is 13.0 Å². The minimum atomic E-state index is -0.415. The normalized spacial score (nSPS) is 29.2. The van der Waals surface area contributed by atoms with Gasteiger partial charge in [0.1, 0.15) is 12.1 Å². The first kappa shape index (κ1) is 11.5. The second kappa shape index (κ2) is 4.75. The van der Waals surface area contributed by atoms with E-state index in [0.717, 1.165) is 0 Å². The second-order valence-corrected chi connectivity index (χ2v) is 4.24. The maximum absolute atomic E-state index is 11.5. The Bertz CT molecular complexity index is 206. The van der Waals surface area contributed by atoms with Crippen LogP contribution >= 0.6 is 0 Å². The highest BCUT2D eigenvalue weighted by atomic mass is 16.5. The number of carbonyl (C=O) groups is 1. The molecule has 1 unspecified atom stereocenters. The minimum absolute atomic E-state index is 0.0676. The van der Waals surface area contributed by atoms with Crippen LogP contribution in [0.1, 0.15) is 27.2 Å². The number of aliphatic hydroxyl groups is 1. The first-order chi connectivity index (χ1) is 6.50. The van der Waals surface area contributed by atoms with Crippen molar-refractivity contribution in [3.05, 3.63) is 0 Å². The minimum Gasteiger partial charge on any atom is -0.461 e. The van der Waals surface area contributed by atoms with Crippen LogP contribution in [0.4, 0.5) is 0 Å². The summed E-state index contributed by atoms with van der Waals surface area (Å²) in [6.07, 6.45) is -0.0205. The van der Waals surface area contributed by atoms with Gasteiger partial charge in [0.05, 0.1) is 6.10 Å². The predicted octanol–water partition coefficient (Wildman–Crippen LogP) is 0.297. The number of aliphatic hydroxyl groups excluding tert-OH is 1. The average Bonchev–Trinajstić information content (AvgIpc) is 2.51. The molecule has 1 aliphatic rings. The lowest BCUT2D eigenvalue weighted by Crippen LogP contribution is -2.35. The molecule has 0 amide bonds. The van der Waals surface area contributed by atoms with Gasteiger partial charge in [-0.25, -0.2) is 0 Å². The summed E-state index contributed by atoms with van der Waals surface area (Å²) in [5, 5.41) is 12.1. The molecule has 2 N–H and O–H groups in total. The van der Waals surface area contributed by atoms with Crippen molar-refractivity contribution in [3.8, 4) is 0 Å². The fraction of sp³-hybridized carbons (Fsp3) is 0.900. The molecule has 0 bridgehead atoms. The van der Waals surface area contributed by atoms with Crippen LogP contribution in [-0.2, 0) is 9.53 Å². The smallest absolute Gasteiger partial charge is 0.323 e. The van der Waals surface area contributed by atoms with Crippen molar-refractivity contribution in [3.63, 3.8) is 0 Å². The number of carbonyl (C=O) groups excluding carboxylic acids is 1. The number of ether oxygens (including phenoxy) is 1. The zero-order valence-corrected chi connectivity index (χ0v) is 8.99. The van der Waals surface area contributed by atoms with E-state index < -0.39 is 6.10 Å². The molecule has 0 aromatic heterocycles. The van der Waals surface area contributed by atoms with Crippen molar-refractivity contribution in [1.82, 2.24) is 5.32 Å². The molecule has 1 fully saturated rings. The summed E-state index contributed by atoms with van der Waals surface area (Å²) in [6, 6.07) is -0.328. The number of esters is 1. The highest BCUT2D eigenvalue weighted by Crippen LogP contribution is 2.12. The van der Waals surface area contributed by atoms with Gasteiger partial charge in [-0.15, -0.1) is 0 Å². The summed E-state index contributed by atoms with van der Waals surface area (Å²) in [5.41, 5.74) is 0. The summed E-state index contributed by atoms with van der Waals surface area (Å²) in [4.78, 5) is 11.5. The number of β-amino-alcohol motifs (C(OH)–C–C–N with tert-alkyl or cyclic N) is 1. The first-order valence-corrected chi connectivity index (χ1v) is 5.12. The Labute approximate surface area is 84.6 Å². The third-order valence-electron chi connectivity index (χ3n) is 2.63. The molecule has 0 aromatic rings. The summed E-state index contributed by atoms with van der Waals surface area (Å²) >= 11 is 0. The van der Waals surface area contributed by atoms with Crippen LogP contribution in [-0.4, -0.2) is 35.9 Å². The van der Waals surface area contributed by atoms with Gasteiger partial charge in [-0.3, -0.25) is 4.79 Å². The quantitative estimate of drug-likeness (QED) is 0.645. The van der Waals surface area contributed by atoms with Gasteiger partial charge in [0.15, 0.2) is 0 Å². The Kier molecular flexibility index (Phi) is 3.89. The standard InChI is InChI=1S/C10H19NO3/c1-6(2)7(3)14-10(13)9-4-8(12)5-11-9/h6-9,11-12H,4-5H2,1-3H3/t7?,8-,9+/m1/s1. The van der Waals surface area contributed by atoms with Gasteiger partial charge < -0.3 is 15.2 Å². The number of hydrogen-bond donors (Lipinski definition) is 2. The lowest BCUT2D eigenvalue weighted by atomic mass is 10.1. The van der Waals surface area contributed by atoms with Gasteiger partial charge in [0.25, 0.3) is 0 Å². The van der Waals surface area contributed by atoms with Gasteiger partial charge in [-0.1, -0.05) is 13.8 Å². The lowest BCUT2D eigenvalue weighted by molar-refractivity contribution is -0.152. The predicted molar refractivity (Wildman–Crippen MR) is 52.8 cm³/mol. The van der Waals surface area contributed by atoms with E-state index in [1.54, 1.807) is 0 Å². The molecule has 1 saturated heterocycles. The van der Waals surface area contributed by atoms with Crippen LogP contribution in [0, 0.1) is 5.92 Å². The Morgan fingerprint density at radius 3 is 2.57 bits per heavy atom. The van der Waals surface area contributed by atoms with Crippen LogP contribution in [0.2, 0.25) is 0 Å². The van der Waals surface area contributed by atoms with Crippen molar-refractivity contribution in [2.24, 2.45) is 5.92 Å². The molecule has 0 radical (unpaired) electrons. The fourth-order valence-corrected chi connectivity index (χ4v) is 1.30. The topological polar surface area (TPSA) is 58.6 Å². The number of rotatable bonds is 3. The second-order valence-electron chi connectivity index (χ2n) is 4.24. The van der Waals surface area contributed by atoms with Crippen LogP contribution in [0.25, 0.3) is 0 Å².